The van der Waals surface area contributed by atoms with E-state index in [1.165, 1.54) is 0 Å². The Morgan fingerprint density at radius 3 is 2.50 bits per heavy atom. The molecule has 0 heterocycles. The minimum atomic E-state index is -0.298. The first-order valence-electron chi connectivity index (χ1n) is 4.72. The first-order valence-corrected chi connectivity index (χ1v) is 4.72. The van der Waals surface area contributed by atoms with Crippen molar-refractivity contribution in [2.75, 3.05) is 13.1 Å². The third kappa shape index (κ3) is 7.54. The first kappa shape index (κ1) is 12.9. The summed E-state index contributed by atoms with van der Waals surface area (Å²) < 4.78 is 4.88. The Morgan fingerprint density at radius 1 is 1.36 bits per heavy atom. The second-order valence-corrected chi connectivity index (χ2v) is 3.18. The van der Waals surface area contributed by atoms with Crippen molar-refractivity contribution in [2.24, 2.45) is 5.73 Å². The number of nitrogens with two attached hydrogens (primary N) is 1. The van der Waals surface area contributed by atoms with E-state index in [-0.39, 0.29) is 24.4 Å². The highest BCUT2D eigenvalue weighted by Gasteiger charge is 2.05. The first-order chi connectivity index (χ1) is 6.56. The molecule has 0 aliphatic heterocycles. The number of hydrogen-bond donors (Lipinski definition) is 2. The lowest BCUT2D eigenvalue weighted by atomic mass is 10.3. The topological polar surface area (TPSA) is 81.4 Å². The molecule has 14 heavy (non-hydrogen) atoms. The van der Waals surface area contributed by atoms with Crippen LogP contribution in [-0.2, 0) is 14.3 Å². The third-order valence-electron chi connectivity index (χ3n) is 1.39. The molecule has 0 aromatic rings. The Balaban J connectivity index is 3.44. The number of hydrogen-bond acceptors (Lipinski definition) is 4. The molecule has 0 aliphatic rings. The van der Waals surface area contributed by atoms with Gasteiger partial charge in [-0.1, -0.05) is 0 Å². The van der Waals surface area contributed by atoms with Crippen LogP contribution < -0.4 is 11.1 Å². The van der Waals surface area contributed by atoms with Crippen molar-refractivity contribution in [3.8, 4) is 0 Å². The van der Waals surface area contributed by atoms with Crippen LogP contribution in [0.4, 0.5) is 0 Å². The quantitative estimate of drug-likeness (QED) is 0.584. The fraction of sp³-hybridized carbons (Fsp3) is 0.778. The zero-order chi connectivity index (χ0) is 11.0. The van der Waals surface area contributed by atoms with Crippen LogP contribution in [0, 0.1) is 0 Å². The van der Waals surface area contributed by atoms with Gasteiger partial charge in [-0.3, -0.25) is 9.59 Å². The largest absolute Gasteiger partial charge is 0.463 e. The van der Waals surface area contributed by atoms with E-state index in [0.29, 0.717) is 19.5 Å². The van der Waals surface area contributed by atoms with Gasteiger partial charge in [0.05, 0.1) is 12.5 Å². The van der Waals surface area contributed by atoms with Crippen molar-refractivity contribution in [2.45, 2.75) is 32.8 Å². The van der Waals surface area contributed by atoms with E-state index in [0.717, 1.165) is 0 Å². The van der Waals surface area contributed by atoms with Gasteiger partial charge in [0.2, 0.25) is 5.91 Å². The molecule has 0 aliphatic carbocycles. The maximum Gasteiger partial charge on any atom is 0.307 e. The molecule has 5 nitrogen and oxygen atoms in total. The maximum absolute atomic E-state index is 11.0. The van der Waals surface area contributed by atoms with E-state index < -0.39 is 0 Å². The van der Waals surface area contributed by atoms with Gasteiger partial charge in [0.15, 0.2) is 0 Å². The Morgan fingerprint density at radius 2 is 2.00 bits per heavy atom. The number of rotatable bonds is 6. The summed E-state index contributed by atoms with van der Waals surface area (Å²) in [4.78, 5) is 21.9. The summed E-state index contributed by atoms with van der Waals surface area (Å²) in [5.74, 6) is -0.433. The van der Waals surface area contributed by atoms with Crippen molar-refractivity contribution in [3.05, 3.63) is 0 Å². The van der Waals surface area contributed by atoms with Crippen LogP contribution in [0.3, 0.4) is 0 Å². The van der Waals surface area contributed by atoms with E-state index in [1.54, 1.807) is 13.8 Å². The number of carbonyl (C=O) groups is 2. The molecule has 0 aromatic carbocycles. The zero-order valence-corrected chi connectivity index (χ0v) is 8.71. The standard InChI is InChI=1S/C9H18N2O3/c1-7(2)14-9(13)4-6-11-8(12)3-5-10/h7H,3-6,10H2,1-2H3,(H,11,12). The number of ether oxygens (including phenoxy) is 1. The molecule has 0 rings (SSSR count). The molecule has 0 bridgehead atoms. The molecule has 3 N–H and O–H groups in total. The molecule has 1 amide bonds. The highest BCUT2D eigenvalue weighted by molar-refractivity contribution is 5.77. The number of esters is 1. The van der Waals surface area contributed by atoms with Crippen LogP contribution in [0.25, 0.3) is 0 Å². The monoisotopic (exact) mass is 202 g/mol. The van der Waals surface area contributed by atoms with Gasteiger partial charge in [-0.25, -0.2) is 0 Å². The SMILES string of the molecule is CC(C)OC(=O)CCNC(=O)CCN. The zero-order valence-electron chi connectivity index (χ0n) is 8.71. The summed E-state index contributed by atoms with van der Waals surface area (Å²) >= 11 is 0. The molecule has 5 heteroatoms. The van der Waals surface area contributed by atoms with E-state index >= 15 is 0 Å². The molecule has 0 saturated carbocycles. The maximum atomic E-state index is 11.0. The molecule has 0 unspecified atom stereocenters. The van der Waals surface area contributed by atoms with Crippen molar-refractivity contribution in [1.82, 2.24) is 5.32 Å². The molecular formula is C9H18N2O3. The van der Waals surface area contributed by atoms with Crippen LogP contribution in [0.5, 0.6) is 0 Å². The Labute approximate surface area is 84.0 Å². The average Bonchev–Trinajstić information content (AvgIpc) is 2.02. The van der Waals surface area contributed by atoms with Gasteiger partial charge in [-0.2, -0.15) is 0 Å². The highest BCUT2D eigenvalue weighted by Crippen LogP contribution is 1.92. The third-order valence-corrected chi connectivity index (χ3v) is 1.39. The van der Waals surface area contributed by atoms with Crippen molar-refractivity contribution < 1.29 is 14.3 Å². The summed E-state index contributed by atoms with van der Waals surface area (Å²) in [6.07, 6.45) is 0.385. The van der Waals surface area contributed by atoms with E-state index in [9.17, 15) is 9.59 Å². The Bertz CT molecular complexity index is 192. The normalized spacial score (nSPS) is 10.0. The smallest absolute Gasteiger partial charge is 0.307 e. The summed E-state index contributed by atoms with van der Waals surface area (Å²) in [5.41, 5.74) is 5.17. The fourth-order valence-electron chi connectivity index (χ4n) is 0.845. The van der Waals surface area contributed by atoms with Gasteiger partial charge >= 0.3 is 5.97 Å². The molecule has 0 radical (unpaired) electrons. The van der Waals surface area contributed by atoms with Gasteiger partial charge in [0.25, 0.3) is 0 Å². The Hall–Kier alpha value is -1.10. The van der Waals surface area contributed by atoms with Crippen molar-refractivity contribution in [1.29, 1.82) is 0 Å². The van der Waals surface area contributed by atoms with Crippen LogP contribution in [0.1, 0.15) is 26.7 Å². The fourth-order valence-corrected chi connectivity index (χ4v) is 0.845. The average molecular weight is 202 g/mol. The molecule has 0 fully saturated rings. The number of carbonyl (C=O) groups excluding carboxylic acids is 2. The molecule has 0 saturated heterocycles. The molecule has 82 valence electrons. The molecule has 0 spiro atoms. The highest BCUT2D eigenvalue weighted by atomic mass is 16.5. The predicted molar refractivity (Wildman–Crippen MR) is 52.5 cm³/mol. The summed E-state index contributed by atoms with van der Waals surface area (Å²) in [6, 6.07) is 0. The minimum Gasteiger partial charge on any atom is -0.463 e. The van der Waals surface area contributed by atoms with Gasteiger partial charge in [-0.05, 0) is 13.8 Å². The summed E-state index contributed by atoms with van der Waals surface area (Å²) in [5, 5.41) is 2.57. The summed E-state index contributed by atoms with van der Waals surface area (Å²) in [7, 11) is 0. The lowest BCUT2D eigenvalue weighted by Gasteiger charge is -2.08. The lowest BCUT2D eigenvalue weighted by Crippen LogP contribution is -2.28. The molecular weight excluding hydrogens is 184 g/mol. The van der Waals surface area contributed by atoms with E-state index in [2.05, 4.69) is 5.32 Å². The number of amides is 1. The van der Waals surface area contributed by atoms with E-state index in [1.807, 2.05) is 0 Å². The minimum absolute atomic E-state index is 0.109. The van der Waals surface area contributed by atoms with Crippen LogP contribution in [0.2, 0.25) is 0 Å². The Kier molecular flexibility index (Phi) is 6.74. The van der Waals surface area contributed by atoms with Crippen LogP contribution in [0.15, 0.2) is 0 Å². The van der Waals surface area contributed by atoms with Gasteiger partial charge in [0.1, 0.15) is 0 Å². The lowest BCUT2D eigenvalue weighted by molar-refractivity contribution is -0.147. The van der Waals surface area contributed by atoms with Crippen molar-refractivity contribution >= 4 is 11.9 Å². The van der Waals surface area contributed by atoms with E-state index in [4.69, 9.17) is 10.5 Å². The van der Waals surface area contributed by atoms with Gasteiger partial charge in [-0.15, -0.1) is 0 Å². The van der Waals surface area contributed by atoms with Crippen molar-refractivity contribution in [3.63, 3.8) is 0 Å². The van der Waals surface area contributed by atoms with Gasteiger partial charge < -0.3 is 15.8 Å². The van der Waals surface area contributed by atoms with Crippen LogP contribution in [-0.4, -0.2) is 31.1 Å². The molecule has 0 atom stereocenters. The summed E-state index contributed by atoms with van der Waals surface area (Å²) in [6.45, 7) is 4.20. The second kappa shape index (κ2) is 7.32. The van der Waals surface area contributed by atoms with Crippen LogP contribution >= 0.6 is 0 Å². The molecule has 0 aromatic heterocycles. The predicted octanol–water partition coefficient (Wildman–Crippen LogP) is -0.207. The second-order valence-electron chi connectivity index (χ2n) is 3.18. The van der Waals surface area contributed by atoms with Gasteiger partial charge in [0, 0.05) is 19.5 Å². The number of nitrogens with one attached hydrogen (secondary N) is 1.